The first-order valence-electron chi connectivity index (χ1n) is 9.11. The maximum atomic E-state index is 11.8. The first-order valence-corrected chi connectivity index (χ1v) is 10.8. The fourth-order valence-electron chi connectivity index (χ4n) is 2.51. The van der Waals surface area contributed by atoms with E-state index in [4.69, 9.17) is 0 Å². The van der Waals surface area contributed by atoms with Crippen LogP contribution in [-0.4, -0.2) is 17.9 Å². The largest absolute Gasteiger partial charge is 1.00 e. The maximum Gasteiger partial charge on any atom is 1.00 e. The van der Waals surface area contributed by atoms with E-state index in [1.54, 1.807) is 0 Å². The number of carboxylic acids is 1. The van der Waals surface area contributed by atoms with Gasteiger partial charge < -0.3 is 24.3 Å². The van der Waals surface area contributed by atoms with Gasteiger partial charge in [0.05, 0.1) is 11.9 Å². The number of aliphatic carboxylic acids is 1. The Morgan fingerprint density at radius 2 is 1.20 bits per heavy atom. The van der Waals surface area contributed by atoms with Crippen molar-refractivity contribution in [1.82, 2.24) is 0 Å². The van der Waals surface area contributed by atoms with Crippen molar-refractivity contribution in [2.24, 2.45) is 5.92 Å². The molecule has 10 heteroatoms. The van der Waals surface area contributed by atoms with Crippen molar-refractivity contribution in [2.75, 3.05) is 6.16 Å². The number of hydrogen-bond donors (Lipinski definition) is 0. The van der Waals surface area contributed by atoms with Gasteiger partial charge in [0.1, 0.15) is 5.78 Å². The van der Waals surface area contributed by atoms with Gasteiger partial charge in [0.15, 0.2) is 0 Å². The number of Topliss-reactive ketones (excluding diaryl/α,β-unsaturated/α-hetero) is 1. The van der Waals surface area contributed by atoms with Crippen LogP contribution in [0, 0.1) is 5.92 Å². The second-order valence-corrected chi connectivity index (χ2v) is 8.72. The van der Waals surface area contributed by atoms with E-state index in [1.165, 1.54) is 11.1 Å². The van der Waals surface area contributed by atoms with E-state index in [1.807, 2.05) is 13.0 Å². The molecule has 0 saturated heterocycles. The summed E-state index contributed by atoms with van der Waals surface area (Å²) in [7, 11) is -5.09. The van der Waals surface area contributed by atoms with Gasteiger partial charge in [0.25, 0.3) is 0 Å². The van der Waals surface area contributed by atoms with Gasteiger partial charge in [-0.15, -0.1) is 0 Å². The van der Waals surface area contributed by atoms with Gasteiger partial charge in [-0.2, -0.15) is 0 Å². The molecule has 0 spiro atoms. The van der Waals surface area contributed by atoms with Gasteiger partial charge in [0, 0.05) is 6.42 Å². The van der Waals surface area contributed by atoms with Crippen molar-refractivity contribution in [2.45, 2.75) is 66.2 Å². The molecule has 154 valence electrons. The SMILES string of the molecule is CC(C)=CCC/C(C)=C/CC/C(C)=C/CCC(=O)C(CP(=O)([O-])[O-])C(=O)[O-].[Na+].[Na+].[Na+]. The Kier molecular flexibility index (Phi) is 27.2. The second kappa shape index (κ2) is 21.1. The number of allylic oxidation sites excluding steroid dienone is 6. The van der Waals surface area contributed by atoms with Crippen LogP contribution in [0.2, 0.25) is 0 Å². The van der Waals surface area contributed by atoms with Crippen LogP contribution in [0.3, 0.4) is 0 Å². The standard InChI is InChI=1S/C20H33O6P.3Na/c1-15(2)8-5-9-16(3)10-6-11-17(4)12-7-13-19(21)18(20(22)23)14-27(24,25)26;;;/h8,10,12,18H,5-7,9,11,13-14H2,1-4H3,(H,22,23)(H2,24,25,26);;;/q;3*+1/p-3/b16-10+,17-12+;;;. The topological polar surface area (TPSA) is 120 Å². The molecule has 0 aromatic carbocycles. The summed E-state index contributed by atoms with van der Waals surface area (Å²) >= 11 is 0. The molecule has 0 radical (unpaired) electrons. The average Bonchev–Trinajstić information content (AvgIpc) is 2.51. The zero-order valence-corrected chi connectivity index (χ0v) is 26.6. The molecule has 1 atom stereocenters. The Balaban J connectivity index is -0.00000113. The number of hydrogen-bond acceptors (Lipinski definition) is 6. The van der Waals surface area contributed by atoms with E-state index in [0.29, 0.717) is 6.42 Å². The summed E-state index contributed by atoms with van der Waals surface area (Å²) in [5.74, 6) is -4.49. The molecule has 0 aliphatic heterocycles. The fraction of sp³-hybridized carbons (Fsp3) is 0.600. The van der Waals surface area contributed by atoms with Crippen LogP contribution in [0.5, 0.6) is 0 Å². The maximum absolute atomic E-state index is 11.8. The van der Waals surface area contributed by atoms with Gasteiger partial charge in [-0.05, 0) is 66.0 Å². The first-order chi connectivity index (χ1) is 12.4. The predicted octanol–water partition coefficient (Wildman–Crippen LogP) is -6.95. The Morgan fingerprint density at radius 3 is 1.57 bits per heavy atom. The Labute approximate surface area is 247 Å². The van der Waals surface area contributed by atoms with Gasteiger partial charge in [-0.25, -0.2) is 0 Å². The number of ketones is 1. The predicted molar refractivity (Wildman–Crippen MR) is 101 cm³/mol. The van der Waals surface area contributed by atoms with Crippen LogP contribution in [-0.2, 0) is 14.2 Å². The third kappa shape index (κ3) is 22.7. The smallest absolute Gasteiger partial charge is 0.811 e. The Morgan fingerprint density at radius 1 is 0.800 bits per heavy atom. The summed E-state index contributed by atoms with van der Waals surface area (Å²) in [6.45, 7) is 8.18. The molecule has 6 nitrogen and oxygen atoms in total. The van der Waals surface area contributed by atoms with E-state index in [0.717, 1.165) is 31.3 Å². The van der Waals surface area contributed by atoms with Crippen LogP contribution < -0.4 is 104 Å². The average molecular weight is 466 g/mol. The Hall–Kier alpha value is 1.51. The van der Waals surface area contributed by atoms with Crippen molar-refractivity contribution in [1.29, 1.82) is 0 Å². The van der Waals surface area contributed by atoms with E-state index >= 15 is 0 Å². The van der Waals surface area contributed by atoms with Crippen LogP contribution in [0.25, 0.3) is 0 Å². The molecule has 0 fully saturated rings. The number of carboxylic acid groups (broad SMARTS) is 1. The van der Waals surface area contributed by atoms with Crippen molar-refractivity contribution < 1.29 is 118 Å². The molecule has 0 aromatic heterocycles. The molecule has 0 amide bonds. The van der Waals surface area contributed by atoms with Crippen LogP contribution in [0.4, 0.5) is 0 Å². The summed E-state index contributed by atoms with van der Waals surface area (Å²) in [5, 5.41) is 10.9. The van der Waals surface area contributed by atoms with Crippen LogP contribution in [0.1, 0.15) is 66.2 Å². The molecule has 0 bridgehead atoms. The number of carbonyl (C=O) groups is 2. The van der Waals surface area contributed by atoms with Crippen molar-refractivity contribution in [3.8, 4) is 0 Å². The van der Waals surface area contributed by atoms with E-state index in [-0.39, 0.29) is 95.1 Å². The van der Waals surface area contributed by atoms with Crippen molar-refractivity contribution in [3.63, 3.8) is 0 Å². The third-order valence-electron chi connectivity index (χ3n) is 4.09. The van der Waals surface area contributed by atoms with Crippen molar-refractivity contribution >= 4 is 19.3 Å². The molecule has 0 saturated carbocycles. The molecule has 30 heavy (non-hydrogen) atoms. The third-order valence-corrected chi connectivity index (χ3v) is 4.90. The van der Waals surface area contributed by atoms with E-state index in [9.17, 15) is 29.0 Å². The minimum atomic E-state index is -5.09. The fourth-order valence-corrected chi connectivity index (χ4v) is 3.31. The van der Waals surface area contributed by atoms with E-state index in [2.05, 4.69) is 32.9 Å². The minimum Gasteiger partial charge on any atom is -0.811 e. The molecular weight excluding hydrogens is 436 g/mol. The molecule has 0 aliphatic rings. The number of rotatable bonds is 13. The van der Waals surface area contributed by atoms with Crippen LogP contribution >= 0.6 is 7.60 Å². The molecule has 0 aromatic rings. The minimum absolute atomic E-state index is 0. The molecule has 0 aliphatic carbocycles. The van der Waals surface area contributed by atoms with Gasteiger partial charge in [0.2, 0.25) is 0 Å². The summed E-state index contributed by atoms with van der Waals surface area (Å²) in [6, 6.07) is 0. The summed E-state index contributed by atoms with van der Waals surface area (Å²) in [4.78, 5) is 44.1. The monoisotopic (exact) mass is 466 g/mol. The number of carbonyl (C=O) groups excluding carboxylic acids is 2. The molecule has 0 N–H and O–H groups in total. The molecule has 0 rings (SSSR count). The summed E-state index contributed by atoms with van der Waals surface area (Å²) in [5.41, 5.74) is 3.71. The quantitative estimate of drug-likeness (QED) is 0.115. The summed E-state index contributed by atoms with van der Waals surface area (Å²) < 4.78 is 10.7. The Bertz CT molecular complexity index is 649. The van der Waals surface area contributed by atoms with Gasteiger partial charge in [-0.1, -0.05) is 42.5 Å². The second-order valence-electron chi connectivity index (χ2n) is 7.13. The van der Waals surface area contributed by atoms with Crippen molar-refractivity contribution in [3.05, 3.63) is 34.9 Å². The van der Waals surface area contributed by atoms with Gasteiger partial charge in [-0.3, -0.25) is 4.79 Å². The van der Waals surface area contributed by atoms with E-state index < -0.39 is 31.4 Å². The van der Waals surface area contributed by atoms with Gasteiger partial charge >= 0.3 is 88.7 Å². The molecule has 0 heterocycles. The molecular formula is C20H30Na3O6P. The molecule has 1 unspecified atom stereocenters. The normalized spacial score (nSPS) is 12.6. The zero-order valence-electron chi connectivity index (χ0n) is 19.7. The zero-order chi connectivity index (χ0) is 21.0. The first kappa shape index (κ1) is 38.8. The summed E-state index contributed by atoms with van der Waals surface area (Å²) in [6.07, 6.45) is 8.94. The van der Waals surface area contributed by atoms with Crippen LogP contribution in [0.15, 0.2) is 34.9 Å².